The fourth-order valence-electron chi connectivity index (χ4n) is 2.49. The van der Waals surface area contributed by atoms with Crippen molar-refractivity contribution in [3.63, 3.8) is 0 Å². The number of benzene rings is 1. The van der Waals surface area contributed by atoms with Crippen LogP contribution in [0.5, 0.6) is 5.75 Å². The summed E-state index contributed by atoms with van der Waals surface area (Å²) < 4.78 is 8.67. The Morgan fingerprint density at radius 3 is 2.88 bits per heavy atom. The molecule has 3 aromatic rings. The second kappa shape index (κ2) is 6.58. The Morgan fingerprint density at radius 2 is 2.17 bits per heavy atom. The first-order valence-corrected chi connectivity index (χ1v) is 9.44. The van der Waals surface area contributed by atoms with Gasteiger partial charge in [0.1, 0.15) is 10.8 Å². The molecule has 1 aromatic carbocycles. The summed E-state index contributed by atoms with van der Waals surface area (Å²) in [5, 5.41) is 5.44. The quantitative estimate of drug-likeness (QED) is 0.722. The van der Waals surface area contributed by atoms with Crippen LogP contribution in [-0.2, 0) is 6.54 Å². The SMILES string of the molecule is COc1cc(Sc2cnc(CN)s2)cc(-c2cnn(C3CC3)c2)c1. The lowest BCUT2D eigenvalue weighted by atomic mass is 10.1. The molecule has 0 saturated heterocycles. The van der Waals surface area contributed by atoms with Gasteiger partial charge in [-0.2, -0.15) is 5.10 Å². The predicted molar refractivity (Wildman–Crippen MR) is 96.6 cm³/mol. The number of hydrogen-bond donors (Lipinski definition) is 1. The molecule has 2 heterocycles. The van der Waals surface area contributed by atoms with Gasteiger partial charge in [-0.1, -0.05) is 11.8 Å². The van der Waals surface area contributed by atoms with E-state index in [1.54, 1.807) is 30.2 Å². The second-order valence-electron chi connectivity index (χ2n) is 5.72. The van der Waals surface area contributed by atoms with Crippen molar-refractivity contribution in [2.24, 2.45) is 5.73 Å². The summed E-state index contributed by atoms with van der Waals surface area (Å²) in [5.74, 6) is 0.845. The molecule has 0 spiro atoms. The van der Waals surface area contributed by atoms with Crippen LogP contribution in [0.2, 0.25) is 0 Å². The van der Waals surface area contributed by atoms with Gasteiger partial charge in [-0.15, -0.1) is 11.3 Å². The van der Waals surface area contributed by atoms with Crippen LogP contribution >= 0.6 is 23.1 Å². The lowest BCUT2D eigenvalue weighted by molar-refractivity contribution is 0.414. The van der Waals surface area contributed by atoms with E-state index >= 15 is 0 Å². The lowest BCUT2D eigenvalue weighted by Gasteiger charge is -2.07. The minimum absolute atomic E-state index is 0.481. The molecule has 0 amide bonds. The van der Waals surface area contributed by atoms with E-state index in [2.05, 4.69) is 33.1 Å². The first-order chi connectivity index (χ1) is 11.7. The van der Waals surface area contributed by atoms with E-state index in [-0.39, 0.29) is 0 Å². The van der Waals surface area contributed by atoms with Crippen LogP contribution in [0.4, 0.5) is 0 Å². The van der Waals surface area contributed by atoms with Crippen LogP contribution in [0.3, 0.4) is 0 Å². The predicted octanol–water partition coefficient (Wildman–Crippen LogP) is 3.96. The molecule has 0 aliphatic heterocycles. The van der Waals surface area contributed by atoms with Crippen molar-refractivity contribution >= 4 is 23.1 Å². The average molecular weight is 358 g/mol. The van der Waals surface area contributed by atoms with E-state index < -0.39 is 0 Å². The van der Waals surface area contributed by atoms with Crippen molar-refractivity contribution in [2.75, 3.05) is 7.11 Å². The zero-order valence-corrected chi connectivity index (χ0v) is 14.9. The van der Waals surface area contributed by atoms with Gasteiger partial charge in [0, 0.05) is 23.2 Å². The van der Waals surface area contributed by atoms with Crippen molar-refractivity contribution in [1.29, 1.82) is 0 Å². The second-order valence-corrected chi connectivity index (χ2v) is 8.21. The molecule has 0 unspecified atom stereocenters. The van der Waals surface area contributed by atoms with Crippen LogP contribution in [0, 0.1) is 0 Å². The fraction of sp³-hybridized carbons (Fsp3) is 0.294. The molecule has 7 heteroatoms. The first-order valence-electron chi connectivity index (χ1n) is 7.81. The van der Waals surface area contributed by atoms with Crippen molar-refractivity contribution < 1.29 is 4.74 Å². The van der Waals surface area contributed by atoms with Gasteiger partial charge >= 0.3 is 0 Å². The van der Waals surface area contributed by atoms with Crippen molar-refractivity contribution in [3.8, 4) is 16.9 Å². The summed E-state index contributed by atoms with van der Waals surface area (Å²) in [6, 6.07) is 6.85. The molecule has 2 aromatic heterocycles. The topological polar surface area (TPSA) is 66.0 Å². The fourth-order valence-corrected chi connectivity index (χ4v) is 4.46. The smallest absolute Gasteiger partial charge is 0.120 e. The number of hydrogen-bond acceptors (Lipinski definition) is 6. The Bertz CT molecular complexity index is 854. The number of rotatable bonds is 6. The molecule has 0 atom stereocenters. The van der Waals surface area contributed by atoms with E-state index in [1.807, 2.05) is 18.5 Å². The van der Waals surface area contributed by atoms with Gasteiger partial charge in [-0.05, 0) is 36.6 Å². The molecule has 4 rings (SSSR count). The van der Waals surface area contributed by atoms with Gasteiger partial charge < -0.3 is 10.5 Å². The molecule has 0 radical (unpaired) electrons. The molecule has 1 aliphatic rings. The number of nitrogens with two attached hydrogens (primary N) is 1. The minimum Gasteiger partial charge on any atom is -0.497 e. The van der Waals surface area contributed by atoms with E-state index in [4.69, 9.17) is 10.5 Å². The summed E-state index contributed by atoms with van der Waals surface area (Å²) in [4.78, 5) is 5.43. The largest absolute Gasteiger partial charge is 0.497 e. The number of aromatic nitrogens is 3. The maximum absolute atomic E-state index is 5.64. The Labute approximate surface area is 148 Å². The van der Waals surface area contributed by atoms with Gasteiger partial charge in [-0.25, -0.2) is 4.98 Å². The number of methoxy groups -OCH3 is 1. The summed E-state index contributed by atoms with van der Waals surface area (Å²) in [5.41, 5.74) is 7.88. The molecule has 1 saturated carbocycles. The number of thiazole rings is 1. The van der Waals surface area contributed by atoms with Gasteiger partial charge in [0.2, 0.25) is 0 Å². The van der Waals surface area contributed by atoms with Crippen LogP contribution < -0.4 is 10.5 Å². The molecular formula is C17H18N4OS2. The zero-order chi connectivity index (χ0) is 16.5. The highest BCUT2D eigenvalue weighted by Gasteiger charge is 2.24. The van der Waals surface area contributed by atoms with Crippen LogP contribution in [-0.4, -0.2) is 21.9 Å². The Hall–Kier alpha value is -1.83. The van der Waals surface area contributed by atoms with Gasteiger partial charge in [-0.3, -0.25) is 4.68 Å². The third-order valence-corrected chi connectivity index (χ3v) is 5.99. The van der Waals surface area contributed by atoms with E-state index in [1.165, 1.54) is 12.8 Å². The molecule has 1 aliphatic carbocycles. The van der Waals surface area contributed by atoms with Gasteiger partial charge in [0.05, 0.1) is 29.8 Å². The van der Waals surface area contributed by atoms with Crippen LogP contribution in [0.1, 0.15) is 23.9 Å². The molecular weight excluding hydrogens is 340 g/mol. The van der Waals surface area contributed by atoms with Gasteiger partial charge in [0.25, 0.3) is 0 Å². The Kier molecular flexibility index (Phi) is 4.30. The number of nitrogens with zero attached hydrogens (tertiary/aromatic N) is 3. The van der Waals surface area contributed by atoms with Crippen LogP contribution in [0.15, 0.2) is 45.9 Å². The Morgan fingerprint density at radius 1 is 1.29 bits per heavy atom. The maximum atomic E-state index is 5.64. The van der Waals surface area contributed by atoms with Crippen molar-refractivity contribution in [1.82, 2.24) is 14.8 Å². The summed E-state index contributed by atoms with van der Waals surface area (Å²) >= 11 is 3.31. The standard InChI is InChI=1S/C17H18N4OS2/c1-22-14-4-11(12-8-20-21(10-12)13-2-3-13)5-15(6-14)23-17-9-19-16(7-18)24-17/h4-6,8-10,13H,2-3,7,18H2,1H3. The molecule has 0 bridgehead atoms. The van der Waals surface area contributed by atoms with Crippen molar-refractivity contribution in [2.45, 2.75) is 34.5 Å². The first kappa shape index (κ1) is 15.7. The maximum Gasteiger partial charge on any atom is 0.120 e. The summed E-state index contributed by atoms with van der Waals surface area (Å²) in [7, 11) is 1.69. The third-order valence-electron chi connectivity index (χ3n) is 3.90. The third kappa shape index (κ3) is 3.33. The summed E-state index contributed by atoms with van der Waals surface area (Å²) in [6.07, 6.45) is 8.40. The van der Waals surface area contributed by atoms with Crippen LogP contribution in [0.25, 0.3) is 11.1 Å². The molecule has 2 N–H and O–H groups in total. The minimum atomic E-state index is 0.481. The summed E-state index contributed by atoms with van der Waals surface area (Å²) in [6.45, 7) is 0.481. The normalized spacial score (nSPS) is 14.1. The molecule has 24 heavy (non-hydrogen) atoms. The number of ether oxygens (including phenoxy) is 1. The molecule has 1 fully saturated rings. The van der Waals surface area contributed by atoms with E-state index in [0.717, 1.165) is 31.0 Å². The van der Waals surface area contributed by atoms with E-state index in [9.17, 15) is 0 Å². The average Bonchev–Trinajstić information content (AvgIpc) is 3.16. The highest BCUT2D eigenvalue weighted by molar-refractivity contribution is 8.01. The van der Waals surface area contributed by atoms with Crippen molar-refractivity contribution in [3.05, 3.63) is 41.8 Å². The van der Waals surface area contributed by atoms with E-state index in [0.29, 0.717) is 12.6 Å². The molecule has 5 nitrogen and oxygen atoms in total. The van der Waals surface area contributed by atoms with Gasteiger partial charge in [0.15, 0.2) is 0 Å². The Balaban J connectivity index is 1.63. The monoisotopic (exact) mass is 358 g/mol. The zero-order valence-electron chi connectivity index (χ0n) is 13.3. The highest BCUT2D eigenvalue weighted by Crippen LogP contribution is 2.38. The highest BCUT2D eigenvalue weighted by atomic mass is 32.2. The lowest BCUT2D eigenvalue weighted by Crippen LogP contribution is -1.93. The molecule has 124 valence electrons.